The third-order valence-corrected chi connectivity index (χ3v) is 5.30. The second kappa shape index (κ2) is 4.43. The highest BCUT2D eigenvalue weighted by Gasteiger charge is 2.56. The van der Waals surface area contributed by atoms with Crippen LogP contribution in [0, 0.1) is 0 Å². The highest BCUT2D eigenvalue weighted by Crippen LogP contribution is 2.51. The zero-order chi connectivity index (χ0) is 15.5. The highest BCUT2D eigenvalue weighted by molar-refractivity contribution is 5.96. The minimum absolute atomic E-state index is 0.0422. The van der Waals surface area contributed by atoms with Gasteiger partial charge >= 0.3 is 0 Å². The number of hydrogen-bond donors (Lipinski definition) is 0. The van der Waals surface area contributed by atoms with Crippen LogP contribution < -0.4 is 0 Å². The molecule has 0 unspecified atom stereocenters. The maximum absolute atomic E-state index is 12.4. The first-order valence-corrected chi connectivity index (χ1v) is 7.90. The third kappa shape index (κ3) is 1.57. The van der Waals surface area contributed by atoms with Crippen molar-refractivity contribution < 1.29 is 14.3 Å². The van der Waals surface area contributed by atoms with E-state index in [1.54, 1.807) is 6.92 Å². The van der Waals surface area contributed by atoms with E-state index in [-0.39, 0.29) is 11.3 Å². The van der Waals surface area contributed by atoms with Crippen LogP contribution in [0.5, 0.6) is 0 Å². The Kier molecular flexibility index (Phi) is 2.81. The van der Waals surface area contributed by atoms with Gasteiger partial charge in [-0.05, 0) is 31.9 Å². The van der Waals surface area contributed by atoms with Crippen LogP contribution in [-0.4, -0.2) is 29.5 Å². The minimum atomic E-state index is -0.610. The van der Waals surface area contributed by atoms with E-state index < -0.39 is 5.79 Å². The number of rotatable bonds is 0. The Morgan fingerprint density at radius 1 is 1.18 bits per heavy atom. The standard InChI is InChI=1S/C18H21NO3/c1-12(20)19-15-7-5-4-6-13(15)14-8-9-18(21-10-11-22-18)17(2,3)16(14)19/h4-7H,8-11H2,1-3H3. The van der Waals surface area contributed by atoms with E-state index in [4.69, 9.17) is 9.47 Å². The van der Waals surface area contributed by atoms with E-state index in [9.17, 15) is 4.79 Å². The van der Waals surface area contributed by atoms with Crippen molar-refractivity contribution in [3.8, 4) is 0 Å². The van der Waals surface area contributed by atoms with Gasteiger partial charge in [0.25, 0.3) is 0 Å². The van der Waals surface area contributed by atoms with Crippen molar-refractivity contribution in [1.82, 2.24) is 4.57 Å². The Balaban J connectivity index is 2.06. The molecule has 0 N–H and O–H groups in total. The van der Waals surface area contributed by atoms with Crippen molar-refractivity contribution in [1.29, 1.82) is 0 Å². The molecule has 4 heteroatoms. The van der Waals surface area contributed by atoms with Gasteiger partial charge in [-0.1, -0.05) is 18.2 Å². The SMILES string of the molecule is CC(=O)n1c2c(c3ccccc31)CCC1(OCCO1)C2(C)C. The molecule has 1 aromatic heterocycles. The highest BCUT2D eigenvalue weighted by atomic mass is 16.7. The molecule has 1 fully saturated rings. The van der Waals surface area contributed by atoms with E-state index >= 15 is 0 Å². The van der Waals surface area contributed by atoms with Crippen LogP contribution in [0.3, 0.4) is 0 Å². The van der Waals surface area contributed by atoms with Gasteiger partial charge in [0.1, 0.15) is 0 Å². The number of benzene rings is 1. The average Bonchev–Trinajstić information content (AvgIpc) is 3.08. The fraction of sp³-hybridized carbons (Fsp3) is 0.500. The van der Waals surface area contributed by atoms with E-state index in [0.29, 0.717) is 13.2 Å². The number of aryl methyl sites for hydroxylation is 1. The van der Waals surface area contributed by atoms with Gasteiger partial charge in [0.2, 0.25) is 5.91 Å². The lowest BCUT2D eigenvalue weighted by Crippen LogP contribution is -2.53. The van der Waals surface area contributed by atoms with Gasteiger partial charge < -0.3 is 9.47 Å². The average molecular weight is 299 g/mol. The molecule has 0 saturated carbocycles. The van der Waals surface area contributed by atoms with Crippen LogP contribution in [0.2, 0.25) is 0 Å². The fourth-order valence-corrected chi connectivity index (χ4v) is 4.29. The van der Waals surface area contributed by atoms with Gasteiger partial charge in [0.15, 0.2) is 5.79 Å². The molecule has 1 aliphatic carbocycles. The number of ether oxygens (including phenoxy) is 2. The summed E-state index contributed by atoms with van der Waals surface area (Å²) < 4.78 is 13.9. The van der Waals surface area contributed by atoms with Gasteiger partial charge in [-0.25, -0.2) is 0 Å². The lowest BCUT2D eigenvalue weighted by Gasteiger charge is -2.46. The molecule has 1 aliphatic heterocycles. The quantitative estimate of drug-likeness (QED) is 0.749. The largest absolute Gasteiger partial charge is 0.347 e. The molecule has 4 rings (SSSR count). The molecule has 0 bridgehead atoms. The number of hydrogen-bond acceptors (Lipinski definition) is 3. The fourth-order valence-electron chi connectivity index (χ4n) is 4.29. The van der Waals surface area contributed by atoms with Crippen molar-refractivity contribution >= 4 is 16.8 Å². The van der Waals surface area contributed by atoms with Crippen LogP contribution in [0.25, 0.3) is 10.9 Å². The van der Waals surface area contributed by atoms with Crippen molar-refractivity contribution in [3.05, 3.63) is 35.5 Å². The second-order valence-electron chi connectivity index (χ2n) is 6.77. The Labute approximate surface area is 130 Å². The van der Waals surface area contributed by atoms with E-state index in [1.165, 1.54) is 10.9 Å². The maximum atomic E-state index is 12.4. The van der Waals surface area contributed by atoms with Gasteiger partial charge in [-0.3, -0.25) is 9.36 Å². The first kappa shape index (κ1) is 14.0. The van der Waals surface area contributed by atoms with Gasteiger partial charge in [-0.2, -0.15) is 0 Å². The first-order chi connectivity index (χ1) is 10.5. The molecule has 0 atom stereocenters. The third-order valence-electron chi connectivity index (χ3n) is 5.30. The smallest absolute Gasteiger partial charge is 0.228 e. The number of carbonyl (C=O) groups is 1. The van der Waals surface area contributed by atoms with Gasteiger partial charge in [-0.15, -0.1) is 0 Å². The summed E-state index contributed by atoms with van der Waals surface area (Å²) in [6.07, 6.45) is 1.71. The first-order valence-electron chi connectivity index (χ1n) is 7.90. The molecule has 1 aromatic carbocycles. The van der Waals surface area contributed by atoms with Crippen LogP contribution in [0.4, 0.5) is 0 Å². The monoisotopic (exact) mass is 299 g/mol. The van der Waals surface area contributed by atoms with Crippen molar-refractivity contribution in [2.24, 2.45) is 0 Å². The lowest BCUT2D eigenvalue weighted by atomic mass is 9.71. The van der Waals surface area contributed by atoms with Crippen LogP contribution in [0.1, 0.15) is 43.2 Å². The van der Waals surface area contributed by atoms with Crippen LogP contribution in [-0.2, 0) is 21.3 Å². The summed E-state index contributed by atoms with van der Waals surface area (Å²) in [5.41, 5.74) is 2.93. The normalized spacial score (nSPS) is 22.1. The Bertz CT molecular complexity index is 766. The Hall–Kier alpha value is -1.65. The van der Waals surface area contributed by atoms with E-state index in [0.717, 1.165) is 24.1 Å². The van der Waals surface area contributed by atoms with E-state index in [2.05, 4.69) is 19.9 Å². The number of nitrogens with zero attached hydrogens (tertiary/aromatic N) is 1. The topological polar surface area (TPSA) is 40.5 Å². The molecule has 2 aliphatic rings. The zero-order valence-corrected chi connectivity index (χ0v) is 13.3. The lowest BCUT2D eigenvalue weighted by molar-refractivity contribution is -0.210. The summed E-state index contributed by atoms with van der Waals surface area (Å²) in [5.74, 6) is -0.567. The number of carbonyl (C=O) groups excluding carboxylic acids is 1. The van der Waals surface area contributed by atoms with Crippen LogP contribution in [0.15, 0.2) is 24.3 Å². The zero-order valence-electron chi connectivity index (χ0n) is 13.3. The summed E-state index contributed by atoms with van der Waals surface area (Å²) in [5, 5.41) is 1.17. The molecule has 0 radical (unpaired) electrons. The molecule has 2 heterocycles. The molecular formula is C18H21NO3. The van der Waals surface area contributed by atoms with Gasteiger partial charge in [0, 0.05) is 24.4 Å². The summed E-state index contributed by atoms with van der Waals surface area (Å²) in [4.78, 5) is 12.4. The molecule has 1 spiro atoms. The Morgan fingerprint density at radius 3 is 2.55 bits per heavy atom. The van der Waals surface area contributed by atoms with Crippen molar-refractivity contribution in [3.63, 3.8) is 0 Å². The summed E-state index contributed by atoms with van der Waals surface area (Å²) in [6.45, 7) is 7.14. The molecule has 22 heavy (non-hydrogen) atoms. The second-order valence-corrected chi connectivity index (χ2v) is 6.77. The molecule has 0 amide bonds. The maximum Gasteiger partial charge on any atom is 0.228 e. The number of fused-ring (bicyclic) bond motifs is 3. The molecule has 116 valence electrons. The molecule has 2 aromatic rings. The predicted octanol–water partition coefficient (Wildman–Crippen LogP) is 3.27. The molecular weight excluding hydrogens is 278 g/mol. The van der Waals surface area contributed by atoms with E-state index in [1.807, 2.05) is 22.8 Å². The minimum Gasteiger partial charge on any atom is -0.347 e. The molecule has 1 saturated heterocycles. The summed E-state index contributed by atoms with van der Waals surface area (Å²) in [6, 6.07) is 8.15. The number of para-hydroxylation sites is 1. The summed E-state index contributed by atoms with van der Waals surface area (Å²) >= 11 is 0. The number of aromatic nitrogens is 1. The summed E-state index contributed by atoms with van der Waals surface area (Å²) in [7, 11) is 0. The predicted molar refractivity (Wildman–Crippen MR) is 84.2 cm³/mol. The molecule has 4 nitrogen and oxygen atoms in total. The van der Waals surface area contributed by atoms with Gasteiger partial charge in [0.05, 0.1) is 24.1 Å². The van der Waals surface area contributed by atoms with Crippen molar-refractivity contribution in [2.45, 2.75) is 44.8 Å². The van der Waals surface area contributed by atoms with Crippen LogP contribution >= 0.6 is 0 Å². The van der Waals surface area contributed by atoms with Crippen molar-refractivity contribution in [2.75, 3.05) is 13.2 Å². The Morgan fingerprint density at radius 2 is 1.86 bits per heavy atom.